The van der Waals surface area contributed by atoms with Gasteiger partial charge in [0.15, 0.2) is 0 Å². The molecule has 0 amide bonds. The number of hydrogen-bond acceptors (Lipinski definition) is 3. The first-order chi connectivity index (χ1) is 11.6. The largest absolute Gasteiger partial charge is 0.391 e. The van der Waals surface area contributed by atoms with Crippen LogP contribution in [0.15, 0.2) is 41.9 Å². The van der Waals surface area contributed by atoms with Crippen LogP contribution in [0.25, 0.3) is 10.9 Å². The van der Waals surface area contributed by atoms with E-state index < -0.39 is 0 Å². The second-order valence-corrected chi connectivity index (χ2v) is 7.90. The number of likely N-dealkylation sites (tertiary alicyclic amines) is 1. The number of aromatic nitrogens is 1. The molecule has 24 heavy (non-hydrogen) atoms. The van der Waals surface area contributed by atoms with E-state index >= 15 is 0 Å². The molecule has 126 valence electrons. The van der Waals surface area contributed by atoms with Crippen molar-refractivity contribution in [3.05, 3.63) is 57.9 Å². The van der Waals surface area contributed by atoms with Crippen molar-refractivity contribution >= 4 is 22.2 Å². The summed E-state index contributed by atoms with van der Waals surface area (Å²) in [5.41, 5.74) is 3.95. The quantitative estimate of drug-likeness (QED) is 0.783. The average Bonchev–Trinajstić information content (AvgIpc) is 3.13. The van der Waals surface area contributed by atoms with Gasteiger partial charge in [-0.05, 0) is 48.5 Å². The molecule has 3 heterocycles. The van der Waals surface area contributed by atoms with Crippen molar-refractivity contribution in [2.24, 2.45) is 7.05 Å². The minimum atomic E-state index is -0.272. The van der Waals surface area contributed by atoms with Gasteiger partial charge in [0, 0.05) is 48.0 Å². The smallest absolute Gasteiger partial charge is 0.0744 e. The number of rotatable bonds is 3. The van der Waals surface area contributed by atoms with Crippen molar-refractivity contribution in [1.29, 1.82) is 0 Å². The molecule has 4 heteroatoms. The molecule has 0 radical (unpaired) electrons. The maximum atomic E-state index is 10.7. The minimum Gasteiger partial charge on any atom is -0.391 e. The molecular weight excluding hydrogens is 316 g/mol. The highest BCUT2D eigenvalue weighted by atomic mass is 32.1. The molecule has 2 atom stereocenters. The molecule has 0 saturated carbocycles. The maximum Gasteiger partial charge on any atom is 0.0744 e. The Morgan fingerprint density at radius 2 is 2.08 bits per heavy atom. The van der Waals surface area contributed by atoms with Gasteiger partial charge in [0.2, 0.25) is 0 Å². The SMILES string of the molecule is Cc1ccsc1[C@H]1CCN(Cc2cn(C)c3ccccc23)C[C@@H]1O. The van der Waals surface area contributed by atoms with E-state index in [9.17, 15) is 5.11 Å². The Morgan fingerprint density at radius 3 is 2.83 bits per heavy atom. The van der Waals surface area contributed by atoms with Gasteiger partial charge in [-0.1, -0.05) is 18.2 Å². The van der Waals surface area contributed by atoms with Gasteiger partial charge in [-0.2, -0.15) is 0 Å². The maximum absolute atomic E-state index is 10.7. The summed E-state index contributed by atoms with van der Waals surface area (Å²) in [4.78, 5) is 3.76. The number of hydrogen-bond donors (Lipinski definition) is 1. The molecule has 1 aliphatic heterocycles. The summed E-state index contributed by atoms with van der Waals surface area (Å²) in [5, 5.41) is 14.2. The number of para-hydroxylation sites is 1. The summed E-state index contributed by atoms with van der Waals surface area (Å²) in [5.74, 6) is 0.300. The lowest BCUT2D eigenvalue weighted by Gasteiger charge is -2.35. The number of aliphatic hydroxyl groups excluding tert-OH is 1. The summed E-state index contributed by atoms with van der Waals surface area (Å²) in [6, 6.07) is 10.7. The fourth-order valence-electron chi connectivity index (χ4n) is 4.00. The van der Waals surface area contributed by atoms with Crippen LogP contribution in [-0.4, -0.2) is 33.8 Å². The van der Waals surface area contributed by atoms with Crippen molar-refractivity contribution in [3.63, 3.8) is 0 Å². The first kappa shape index (κ1) is 15.9. The van der Waals surface area contributed by atoms with Crippen LogP contribution in [-0.2, 0) is 13.6 Å². The third-order valence-corrected chi connectivity index (χ3v) is 6.43. The van der Waals surface area contributed by atoms with E-state index in [1.165, 1.54) is 26.9 Å². The topological polar surface area (TPSA) is 28.4 Å². The number of fused-ring (bicyclic) bond motifs is 1. The number of piperidine rings is 1. The number of β-amino-alcohol motifs (C(OH)–C–C–N with tert-alkyl or cyclic N) is 1. The molecule has 3 nitrogen and oxygen atoms in total. The highest BCUT2D eigenvalue weighted by molar-refractivity contribution is 7.10. The Hall–Kier alpha value is -1.62. The van der Waals surface area contributed by atoms with Crippen LogP contribution in [0.3, 0.4) is 0 Å². The van der Waals surface area contributed by atoms with Gasteiger partial charge in [-0.25, -0.2) is 0 Å². The minimum absolute atomic E-state index is 0.272. The number of nitrogens with zero attached hydrogens (tertiary/aromatic N) is 2. The molecule has 0 spiro atoms. The van der Waals surface area contributed by atoms with Crippen LogP contribution in [0.5, 0.6) is 0 Å². The second kappa shape index (κ2) is 6.36. The van der Waals surface area contributed by atoms with E-state index in [-0.39, 0.29) is 6.10 Å². The Balaban J connectivity index is 1.50. The monoisotopic (exact) mass is 340 g/mol. The van der Waals surface area contributed by atoms with Gasteiger partial charge in [0.1, 0.15) is 0 Å². The number of benzene rings is 1. The third-order valence-electron chi connectivity index (χ3n) is 5.28. The highest BCUT2D eigenvalue weighted by Gasteiger charge is 2.30. The van der Waals surface area contributed by atoms with Gasteiger partial charge >= 0.3 is 0 Å². The van der Waals surface area contributed by atoms with Gasteiger partial charge in [0.05, 0.1) is 6.10 Å². The predicted molar refractivity (Wildman–Crippen MR) is 101 cm³/mol. The average molecular weight is 340 g/mol. The molecule has 3 aromatic rings. The summed E-state index contributed by atoms with van der Waals surface area (Å²) in [6.07, 6.45) is 2.99. The molecule has 0 aliphatic carbocycles. The van der Waals surface area contributed by atoms with Gasteiger partial charge in [0.25, 0.3) is 0 Å². The number of aliphatic hydroxyl groups is 1. The lowest BCUT2D eigenvalue weighted by atomic mass is 9.90. The van der Waals surface area contributed by atoms with Gasteiger partial charge < -0.3 is 9.67 Å². The van der Waals surface area contributed by atoms with Crippen LogP contribution < -0.4 is 0 Å². The summed E-state index contributed by atoms with van der Waals surface area (Å²) in [6.45, 7) is 4.86. The first-order valence-electron chi connectivity index (χ1n) is 8.61. The van der Waals surface area contributed by atoms with Crippen LogP contribution in [0.4, 0.5) is 0 Å². The molecule has 1 saturated heterocycles. The van der Waals surface area contributed by atoms with Crippen molar-refractivity contribution < 1.29 is 5.11 Å². The molecular formula is C20H24N2OS. The molecule has 4 rings (SSSR count). The summed E-state index contributed by atoms with van der Waals surface area (Å²) < 4.78 is 2.20. The second-order valence-electron chi connectivity index (χ2n) is 6.95. The molecule has 1 aliphatic rings. The highest BCUT2D eigenvalue weighted by Crippen LogP contribution is 2.34. The Morgan fingerprint density at radius 1 is 1.25 bits per heavy atom. The van der Waals surface area contributed by atoms with E-state index in [1.54, 1.807) is 11.3 Å². The summed E-state index contributed by atoms with van der Waals surface area (Å²) >= 11 is 1.79. The zero-order valence-corrected chi connectivity index (χ0v) is 15.1. The molecule has 1 fully saturated rings. The van der Waals surface area contributed by atoms with Gasteiger partial charge in [-0.15, -0.1) is 11.3 Å². The predicted octanol–water partition coefficient (Wildman–Crippen LogP) is 3.90. The zero-order chi connectivity index (χ0) is 16.7. The Bertz CT molecular complexity index is 850. The number of thiophene rings is 1. The van der Waals surface area contributed by atoms with E-state index in [0.29, 0.717) is 5.92 Å². The normalized spacial score (nSPS) is 22.3. The lowest BCUT2D eigenvalue weighted by Crippen LogP contribution is -2.42. The van der Waals surface area contributed by atoms with E-state index in [4.69, 9.17) is 0 Å². The zero-order valence-electron chi connectivity index (χ0n) is 14.3. The first-order valence-corrected chi connectivity index (χ1v) is 9.49. The van der Waals surface area contributed by atoms with Crippen molar-refractivity contribution in [3.8, 4) is 0 Å². The van der Waals surface area contributed by atoms with Gasteiger partial charge in [-0.3, -0.25) is 4.90 Å². The Kier molecular flexibility index (Phi) is 4.21. The van der Waals surface area contributed by atoms with Crippen molar-refractivity contribution in [2.45, 2.75) is 31.9 Å². The molecule has 1 N–H and O–H groups in total. The molecule has 0 bridgehead atoms. The molecule has 2 aromatic heterocycles. The van der Waals surface area contributed by atoms with Crippen molar-refractivity contribution in [1.82, 2.24) is 9.47 Å². The van der Waals surface area contributed by atoms with Crippen LogP contribution in [0, 0.1) is 6.92 Å². The fraction of sp³-hybridized carbons (Fsp3) is 0.400. The van der Waals surface area contributed by atoms with Crippen LogP contribution in [0.1, 0.15) is 28.3 Å². The Labute approximate surface area is 147 Å². The number of aryl methyl sites for hydroxylation is 2. The molecule has 0 unspecified atom stereocenters. The van der Waals surface area contributed by atoms with Crippen molar-refractivity contribution in [2.75, 3.05) is 13.1 Å². The lowest BCUT2D eigenvalue weighted by molar-refractivity contribution is 0.0487. The van der Waals surface area contributed by atoms with Crippen LogP contribution >= 0.6 is 11.3 Å². The summed E-state index contributed by atoms with van der Waals surface area (Å²) in [7, 11) is 2.10. The standard InChI is InChI=1S/C20H24N2OS/c1-14-8-10-24-20(14)17-7-9-22(13-19(17)23)12-15-11-21(2)18-6-4-3-5-16(15)18/h3-6,8,10-11,17,19,23H,7,9,12-13H2,1-2H3/t17-,19-/m0/s1. The van der Waals surface area contributed by atoms with Crippen LogP contribution in [0.2, 0.25) is 0 Å². The van der Waals surface area contributed by atoms with E-state index in [1.807, 2.05) is 0 Å². The fourth-order valence-corrected chi connectivity index (χ4v) is 5.13. The third kappa shape index (κ3) is 2.79. The molecule has 1 aromatic carbocycles. The van der Waals surface area contributed by atoms with E-state index in [2.05, 4.69) is 65.3 Å². The van der Waals surface area contributed by atoms with E-state index in [0.717, 1.165) is 26.1 Å².